The average Bonchev–Trinajstić information content (AvgIpc) is 0.902. The molecule has 5 atom stereocenters. The molecule has 0 radical (unpaired) electrons. The van der Waals surface area contributed by atoms with Gasteiger partial charge in [-0.05, 0) is 154 Å². The lowest BCUT2D eigenvalue weighted by Crippen LogP contribution is -2.30. The zero-order valence-corrected chi connectivity index (χ0v) is 77.3. The Bertz CT molecular complexity index is 2790. The van der Waals surface area contributed by atoms with E-state index in [1.54, 1.807) is 0 Å². The lowest BCUT2D eigenvalue weighted by Gasteiger charge is -2.21. The number of phosphoric acid groups is 2. The van der Waals surface area contributed by atoms with Crippen molar-refractivity contribution in [2.45, 2.75) is 424 Å². The van der Waals surface area contributed by atoms with Gasteiger partial charge in [-0.2, -0.15) is 0 Å². The van der Waals surface area contributed by atoms with Crippen LogP contribution in [-0.4, -0.2) is 95.9 Å². The number of ether oxygens (including phenoxy) is 3. The number of allylic oxidation sites excluding steroid dienone is 26. The number of aliphatic hydroxyl groups excluding tert-OH is 2. The SMILES string of the molecule is CC/C=C\C/C=C\C/C=C\C/C=C\C/C=C\CCCCCCCCCCCCCC(=O)OCC(COP(=O)(O)OCC(O)COP(=O)(O)OCC(O)COC(=O)CCCCCCCCCCCCCCCCC/C=C\C/C=C\C/C=C\C/C=C\CCCCC)OC(=O)CCCCCCCCCCC/C=C\C/C=C\C/C=C\C/C=C\CCCCC. The topological polar surface area (TPSA) is 231 Å². The summed E-state index contributed by atoms with van der Waals surface area (Å²) < 4.78 is 61.6. The molecule has 119 heavy (non-hydrogen) atoms. The third-order valence-corrected chi connectivity index (χ3v) is 22.1. The van der Waals surface area contributed by atoms with E-state index in [1.165, 1.54) is 193 Å². The molecular weight excluding hydrogens is 1530 g/mol. The number of unbranched alkanes of at least 4 members (excludes halogenated alkanes) is 41. The molecule has 0 amide bonds. The van der Waals surface area contributed by atoms with Crippen LogP contribution in [0.3, 0.4) is 0 Å². The Kier molecular flexibility index (Phi) is 88.6. The molecule has 0 spiro atoms. The number of rotatable bonds is 90. The summed E-state index contributed by atoms with van der Waals surface area (Å²) in [6.45, 7) is 2.56. The number of carbonyl (C=O) groups excluding carboxylic acids is 3. The highest BCUT2D eigenvalue weighted by molar-refractivity contribution is 7.47. The Labute approximate surface area is 727 Å². The monoisotopic (exact) mass is 1710 g/mol. The van der Waals surface area contributed by atoms with Gasteiger partial charge in [0.25, 0.3) is 0 Å². The van der Waals surface area contributed by atoms with Crippen molar-refractivity contribution in [2.24, 2.45) is 0 Å². The molecule has 16 nitrogen and oxygen atoms in total. The molecule has 4 N–H and O–H groups in total. The third-order valence-electron chi connectivity index (χ3n) is 20.2. The second kappa shape index (κ2) is 92.4. The summed E-state index contributed by atoms with van der Waals surface area (Å²) in [4.78, 5) is 59.1. The van der Waals surface area contributed by atoms with E-state index in [2.05, 4.69) is 179 Å². The molecule has 0 aromatic heterocycles. The molecule has 0 bridgehead atoms. The van der Waals surface area contributed by atoms with Gasteiger partial charge in [0.1, 0.15) is 25.4 Å². The number of hydrogen-bond donors (Lipinski definition) is 4. The summed E-state index contributed by atoms with van der Waals surface area (Å²) in [7, 11) is -9.82. The molecule has 0 saturated carbocycles. The van der Waals surface area contributed by atoms with Gasteiger partial charge in [-0.1, -0.05) is 391 Å². The summed E-state index contributed by atoms with van der Waals surface area (Å²) >= 11 is 0. The Balaban J connectivity index is 4.62. The van der Waals surface area contributed by atoms with E-state index in [9.17, 15) is 43.5 Å². The average molecular weight is 1710 g/mol. The Morgan fingerprint density at radius 2 is 0.445 bits per heavy atom. The predicted molar refractivity (Wildman–Crippen MR) is 500 cm³/mol. The van der Waals surface area contributed by atoms with E-state index in [-0.39, 0.29) is 19.3 Å². The second-order valence-corrected chi connectivity index (χ2v) is 34.7. The van der Waals surface area contributed by atoms with Crippen LogP contribution in [0.2, 0.25) is 0 Å². The Hall–Kier alpha value is -4.83. The maximum Gasteiger partial charge on any atom is 0.472 e. The van der Waals surface area contributed by atoms with E-state index >= 15 is 0 Å². The highest BCUT2D eigenvalue weighted by Crippen LogP contribution is 2.45. The number of esters is 3. The van der Waals surface area contributed by atoms with Crippen LogP contribution in [0.5, 0.6) is 0 Å². The van der Waals surface area contributed by atoms with Crippen molar-refractivity contribution in [2.75, 3.05) is 39.6 Å². The molecule has 0 saturated heterocycles. The fourth-order valence-corrected chi connectivity index (χ4v) is 14.6. The van der Waals surface area contributed by atoms with Gasteiger partial charge < -0.3 is 34.2 Å². The number of phosphoric ester groups is 2. The molecule has 0 aliphatic carbocycles. The standard InChI is InChI=1S/C101H174O16P2/c1-4-7-10-13-16-19-22-25-28-31-34-37-40-43-45-46-47-48-50-53-54-57-60-63-66-69-72-75-78-81-84-87-99(104)111-90-96(102)91-113-118(107,108)114-92-97(103)93-115-119(109,110)116-95-98(117-101(106)89-86-83-80-77-74-71-68-65-62-59-56-51-42-39-36-33-30-27-24-21-18-15-12-9-6-3)94-112-100(105)88-85-82-79-76-73-70-67-64-61-58-55-52-49-44-41-38-35-32-29-26-23-20-17-14-11-8-5-2/h8,11,16-21,25-30,34-39,43-45,49,51,56,96-98,102-103H,4-7,9-10,12-15,22-24,31-33,40-42,46-48,50,52-55,57-95H2,1-3H3,(H,107,108)(H,109,110)/b11-8-,19-16-,20-17-,21-18-,28-25-,29-26-,30-27-,37-34-,38-35-,39-36-,45-43-,49-44-,56-51-. The molecule has 0 aromatic carbocycles. The van der Waals surface area contributed by atoms with Crippen LogP contribution in [-0.2, 0) is 55.8 Å². The van der Waals surface area contributed by atoms with E-state index in [4.69, 9.17) is 32.3 Å². The van der Waals surface area contributed by atoms with E-state index in [0.29, 0.717) is 19.3 Å². The number of hydrogen-bond acceptors (Lipinski definition) is 14. The van der Waals surface area contributed by atoms with Gasteiger partial charge in [0, 0.05) is 19.3 Å². The van der Waals surface area contributed by atoms with Crippen molar-refractivity contribution in [1.82, 2.24) is 0 Å². The molecule has 0 aliphatic heterocycles. The first-order valence-corrected chi connectivity index (χ1v) is 50.8. The Morgan fingerprint density at radius 3 is 0.706 bits per heavy atom. The molecule has 684 valence electrons. The van der Waals surface area contributed by atoms with Crippen LogP contribution in [0.1, 0.15) is 406 Å². The van der Waals surface area contributed by atoms with Crippen LogP contribution >= 0.6 is 15.6 Å². The zero-order valence-electron chi connectivity index (χ0n) is 75.5. The molecule has 5 unspecified atom stereocenters. The summed E-state index contributed by atoms with van der Waals surface area (Å²) in [6, 6.07) is 0. The van der Waals surface area contributed by atoms with Crippen molar-refractivity contribution in [3.8, 4) is 0 Å². The van der Waals surface area contributed by atoms with E-state index in [0.717, 1.165) is 154 Å². The van der Waals surface area contributed by atoms with Gasteiger partial charge in [0.05, 0.1) is 26.4 Å². The molecular formula is C101H174O16P2. The largest absolute Gasteiger partial charge is 0.472 e. The maximum atomic E-state index is 13.1. The molecule has 18 heteroatoms. The minimum Gasteiger partial charge on any atom is -0.463 e. The predicted octanol–water partition coefficient (Wildman–Crippen LogP) is 29.7. The fourth-order valence-electron chi connectivity index (χ4n) is 13.0. The van der Waals surface area contributed by atoms with Crippen LogP contribution in [0.25, 0.3) is 0 Å². The van der Waals surface area contributed by atoms with Crippen molar-refractivity contribution in [1.29, 1.82) is 0 Å². The van der Waals surface area contributed by atoms with Crippen molar-refractivity contribution in [3.63, 3.8) is 0 Å². The summed E-state index contributed by atoms with van der Waals surface area (Å²) in [5, 5.41) is 20.8. The fraction of sp³-hybridized carbons (Fsp3) is 0.713. The molecule has 0 aliphatic rings. The van der Waals surface area contributed by atoms with Gasteiger partial charge in [0.2, 0.25) is 0 Å². The third kappa shape index (κ3) is 93.7. The first-order chi connectivity index (χ1) is 58.2. The first-order valence-electron chi connectivity index (χ1n) is 47.8. The first kappa shape index (κ1) is 114. The van der Waals surface area contributed by atoms with Crippen molar-refractivity contribution < 1.29 is 75.8 Å². The van der Waals surface area contributed by atoms with Crippen molar-refractivity contribution >= 4 is 33.6 Å². The second-order valence-electron chi connectivity index (χ2n) is 31.8. The number of aliphatic hydroxyl groups is 2. The van der Waals surface area contributed by atoms with Crippen LogP contribution in [0, 0.1) is 0 Å². The van der Waals surface area contributed by atoms with Crippen LogP contribution < -0.4 is 0 Å². The minimum absolute atomic E-state index is 0.0934. The lowest BCUT2D eigenvalue weighted by atomic mass is 10.0. The lowest BCUT2D eigenvalue weighted by molar-refractivity contribution is -0.161. The van der Waals surface area contributed by atoms with Gasteiger partial charge in [-0.15, -0.1) is 0 Å². The van der Waals surface area contributed by atoms with Gasteiger partial charge in [-0.3, -0.25) is 32.5 Å². The smallest absolute Gasteiger partial charge is 0.463 e. The normalized spacial score (nSPS) is 14.4. The van der Waals surface area contributed by atoms with Gasteiger partial charge >= 0.3 is 33.6 Å². The Morgan fingerprint density at radius 1 is 0.244 bits per heavy atom. The maximum absolute atomic E-state index is 13.1. The summed E-state index contributed by atoms with van der Waals surface area (Å²) in [5.41, 5.74) is 0. The summed E-state index contributed by atoms with van der Waals surface area (Å²) in [6.07, 6.45) is 119. The van der Waals surface area contributed by atoms with E-state index < -0.39 is 91.5 Å². The molecule has 0 aromatic rings. The van der Waals surface area contributed by atoms with E-state index in [1.807, 2.05) is 0 Å². The number of carbonyl (C=O) groups is 3. The minimum atomic E-state index is -4.95. The highest BCUT2D eigenvalue weighted by Gasteiger charge is 2.30. The molecule has 0 rings (SSSR count). The van der Waals surface area contributed by atoms with Crippen molar-refractivity contribution in [3.05, 3.63) is 158 Å². The quantitative estimate of drug-likeness (QED) is 0.0146. The van der Waals surface area contributed by atoms with Gasteiger partial charge in [-0.25, -0.2) is 9.13 Å². The van der Waals surface area contributed by atoms with Crippen LogP contribution in [0.4, 0.5) is 0 Å². The zero-order chi connectivity index (χ0) is 86.5. The van der Waals surface area contributed by atoms with Gasteiger partial charge in [0.15, 0.2) is 6.10 Å². The molecule has 0 heterocycles. The summed E-state index contributed by atoms with van der Waals surface area (Å²) in [5.74, 6) is -1.57. The molecule has 0 fully saturated rings. The highest BCUT2D eigenvalue weighted by atomic mass is 31.2. The van der Waals surface area contributed by atoms with Crippen LogP contribution in [0.15, 0.2) is 158 Å².